The predicted octanol–water partition coefficient (Wildman–Crippen LogP) is 3.09. The van der Waals surface area contributed by atoms with E-state index in [4.69, 9.17) is 0 Å². The third-order valence-electron chi connectivity index (χ3n) is 4.15. The van der Waals surface area contributed by atoms with Gasteiger partial charge in [0.1, 0.15) is 0 Å². The Bertz CT molecular complexity index is 425. The second-order valence-electron chi connectivity index (χ2n) is 6.41. The number of rotatable bonds is 5. The lowest BCUT2D eigenvalue weighted by molar-refractivity contribution is 0.170. The van der Waals surface area contributed by atoms with Crippen molar-refractivity contribution >= 4 is 6.03 Å². The molecule has 1 N–H and O–H groups in total. The minimum Gasteiger partial charge on any atom is -0.338 e. The van der Waals surface area contributed by atoms with Crippen LogP contribution in [0.4, 0.5) is 4.79 Å². The van der Waals surface area contributed by atoms with Crippen LogP contribution in [0.15, 0.2) is 24.5 Å². The summed E-state index contributed by atoms with van der Waals surface area (Å²) < 4.78 is 0. The summed E-state index contributed by atoms with van der Waals surface area (Å²) in [4.78, 5) is 18.2. The number of nitrogens with zero attached hydrogens (tertiary/aromatic N) is 2. The number of carbonyl (C=O) groups is 1. The van der Waals surface area contributed by atoms with Crippen LogP contribution >= 0.6 is 0 Å². The highest BCUT2D eigenvalue weighted by molar-refractivity contribution is 5.74. The first kappa shape index (κ1) is 15.8. The van der Waals surface area contributed by atoms with E-state index in [1.807, 2.05) is 23.4 Å². The fraction of sp³-hybridized carbons (Fsp3) is 0.647. The standard InChI is InChI=1S/C17H27N3O/c1-14(2)5-9-19-17(21)20-10-6-15(7-11-20)12-16-4-3-8-18-13-16/h3-4,8,13-15H,5-7,9-12H2,1-2H3,(H,19,21). The average molecular weight is 289 g/mol. The summed E-state index contributed by atoms with van der Waals surface area (Å²) in [5, 5.41) is 3.03. The highest BCUT2D eigenvalue weighted by Gasteiger charge is 2.22. The number of piperidine rings is 1. The zero-order valence-electron chi connectivity index (χ0n) is 13.2. The van der Waals surface area contributed by atoms with E-state index in [-0.39, 0.29) is 6.03 Å². The molecule has 1 aliphatic rings. The second-order valence-corrected chi connectivity index (χ2v) is 6.41. The summed E-state index contributed by atoms with van der Waals surface area (Å²) in [6, 6.07) is 4.24. The maximum absolute atomic E-state index is 12.0. The van der Waals surface area contributed by atoms with Gasteiger partial charge in [0.25, 0.3) is 0 Å². The molecule has 1 aromatic heterocycles. The van der Waals surface area contributed by atoms with Gasteiger partial charge in [-0.2, -0.15) is 0 Å². The maximum atomic E-state index is 12.0. The molecule has 4 heteroatoms. The van der Waals surface area contributed by atoms with Crippen LogP contribution in [0, 0.1) is 11.8 Å². The quantitative estimate of drug-likeness (QED) is 0.905. The van der Waals surface area contributed by atoms with Crippen LogP contribution in [0.1, 0.15) is 38.7 Å². The molecule has 4 nitrogen and oxygen atoms in total. The van der Waals surface area contributed by atoms with Gasteiger partial charge in [-0.1, -0.05) is 19.9 Å². The highest BCUT2D eigenvalue weighted by Crippen LogP contribution is 2.21. The molecule has 0 radical (unpaired) electrons. The molecule has 2 heterocycles. The van der Waals surface area contributed by atoms with Crippen molar-refractivity contribution in [3.8, 4) is 0 Å². The number of hydrogen-bond donors (Lipinski definition) is 1. The summed E-state index contributed by atoms with van der Waals surface area (Å²) >= 11 is 0. The normalized spacial score (nSPS) is 16.2. The number of likely N-dealkylation sites (tertiary alicyclic amines) is 1. The molecule has 116 valence electrons. The zero-order valence-corrected chi connectivity index (χ0v) is 13.2. The van der Waals surface area contributed by atoms with E-state index in [9.17, 15) is 4.79 Å². The predicted molar refractivity (Wildman–Crippen MR) is 85.1 cm³/mol. The van der Waals surface area contributed by atoms with Crippen LogP contribution in [0.3, 0.4) is 0 Å². The molecule has 0 aliphatic carbocycles. The minimum absolute atomic E-state index is 0.107. The maximum Gasteiger partial charge on any atom is 0.317 e. The molecular weight excluding hydrogens is 262 g/mol. The highest BCUT2D eigenvalue weighted by atomic mass is 16.2. The number of hydrogen-bond acceptors (Lipinski definition) is 2. The van der Waals surface area contributed by atoms with Crippen molar-refractivity contribution in [2.75, 3.05) is 19.6 Å². The Morgan fingerprint density at radius 2 is 2.19 bits per heavy atom. The summed E-state index contributed by atoms with van der Waals surface area (Å²) in [6.07, 6.45) is 8.07. The van der Waals surface area contributed by atoms with Crippen LogP contribution in [0.5, 0.6) is 0 Å². The van der Waals surface area contributed by atoms with E-state index in [2.05, 4.69) is 30.2 Å². The Morgan fingerprint density at radius 3 is 2.81 bits per heavy atom. The van der Waals surface area contributed by atoms with Crippen LogP contribution in [0.25, 0.3) is 0 Å². The Hall–Kier alpha value is -1.58. The molecule has 21 heavy (non-hydrogen) atoms. The first-order valence-corrected chi connectivity index (χ1v) is 8.07. The van der Waals surface area contributed by atoms with Gasteiger partial charge >= 0.3 is 6.03 Å². The van der Waals surface area contributed by atoms with Gasteiger partial charge in [0.15, 0.2) is 0 Å². The fourth-order valence-corrected chi connectivity index (χ4v) is 2.77. The third-order valence-corrected chi connectivity index (χ3v) is 4.15. The van der Waals surface area contributed by atoms with Gasteiger partial charge < -0.3 is 10.2 Å². The van der Waals surface area contributed by atoms with E-state index in [1.165, 1.54) is 5.56 Å². The summed E-state index contributed by atoms with van der Waals surface area (Å²) in [5.41, 5.74) is 1.30. The molecule has 0 bridgehead atoms. The first-order chi connectivity index (χ1) is 10.1. The van der Waals surface area contributed by atoms with Gasteiger partial charge in [-0.25, -0.2) is 4.79 Å². The molecule has 0 atom stereocenters. The lowest BCUT2D eigenvalue weighted by Crippen LogP contribution is -2.45. The summed E-state index contributed by atoms with van der Waals surface area (Å²) in [5.74, 6) is 1.31. The molecule has 1 fully saturated rings. The molecule has 1 saturated heterocycles. The molecule has 0 spiro atoms. The van der Waals surface area contributed by atoms with Gasteiger partial charge in [0.2, 0.25) is 0 Å². The van der Waals surface area contributed by atoms with Gasteiger partial charge in [-0.15, -0.1) is 0 Å². The molecule has 0 unspecified atom stereocenters. The molecule has 1 aromatic rings. The van der Waals surface area contributed by atoms with Crippen molar-refractivity contribution in [1.82, 2.24) is 15.2 Å². The van der Waals surface area contributed by atoms with Gasteiger partial charge in [0.05, 0.1) is 0 Å². The molecule has 2 rings (SSSR count). The van der Waals surface area contributed by atoms with E-state index in [1.54, 1.807) is 0 Å². The Morgan fingerprint density at radius 1 is 1.43 bits per heavy atom. The van der Waals surface area contributed by atoms with Crippen molar-refractivity contribution in [3.63, 3.8) is 0 Å². The number of urea groups is 1. The SMILES string of the molecule is CC(C)CCNC(=O)N1CCC(Cc2cccnc2)CC1. The van der Waals surface area contributed by atoms with Crippen molar-refractivity contribution in [1.29, 1.82) is 0 Å². The first-order valence-electron chi connectivity index (χ1n) is 8.07. The smallest absolute Gasteiger partial charge is 0.317 e. The number of carbonyl (C=O) groups excluding carboxylic acids is 1. The van der Waals surface area contributed by atoms with Crippen molar-refractivity contribution in [3.05, 3.63) is 30.1 Å². The van der Waals surface area contributed by atoms with Crippen LogP contribution in [-0.2, 0) is 6.42 Å². The van der Waals surface area contributed by atoms with Gasteiger partial charge in [-0.3, -0.25) is 4.98 Å². The van der Waals surface area contributed by atoms with Crippen molar-refractivity contribution < 1.29 is 4.79 Å². The summed E-state index contributed by atoms with van der Waals surface area (Å²) in [6.45, 7) is 6.88. The fourth-order valence-electron chi connectivity index (χ4n) is 2.77. The summed E-state index contributed by atoms with van der Waals surface area (Å²) in [7, 11) is 0. The number of aromatic nitrogens is 1. The van der Waals surface area contributed by atoms with E-state index >= 15 is 0 Å². The van der Waals surface area contributed by atoms with Crippen LogP contribution in [-0.4, -0.2) is 35.5 Å². The number of pyridine rings is 1. The van der Waals surface area contributed by atoms with Gasteiger partial charge in [0, 0.05) is 32.0 Å². The zero-order chi connectivity index (χ0) is 15.1. The molecule has 0 aromatic carbocycles. The number of nitrogens with one attached hydrogen (secondary N) is 1. The molecule has 0 saturated carbocycles. The van der Waals surface area contributed by atoms with Gasteiger partial charge in [-0.05, 0) is 49.1 Å². The Balaban J connectivity index is 1.69. The van der Waals surface area contributed by atoms with Crippen molar-refractivity contribution in [2.45, 2.75) is 39.5 Å². The Labute approximate surface area is 127 Å². The van der Waals surface area contributed by atoms with Crippen LogP contribution < -0.4 is 5.32 Å². The van der Waals surface area contributed by atoms with Crippen molar-refractivity contribution in [2.24, 2.45) is 11.8 Å². The topological polar surface area (TPSA) is 45.2 Å². The largest absolute Gasteiger partial charge is 0.338 e. The lowest BCUT2D eigenvalue weighted by atomic mass is 9.91. The molecule has 2 amide bonds. The van der Waals surface area contributed by atoms with E-state index in [0.717, 1.165) is 45.3 Å². The van der Waals surface area contributed by atoms with E-state index < -0.39 is 0 Å². The Kier molecular flexibility index (Phi) is 6.03. The lowest BCUT2D eigenvalue weighted by Gasteiger charge is -2.32. The average Bonchev–Trinajstić information content (AvgIpc) is 2.48. The molecular formula is C17H27N3O. The van der Waals surface area contributed by atoms with E-state index in [0.29, 0.717) is 11.8 Å². The monoisotopic (exact) mass is 289 g/mol. The number of amides is 2. The van der Waals surface area contributed by atoms with Crippen LogP contribution in [0.2, 0.25) is 0 Å². The minimum atomic E-state index is 0.107. The third kappa shape index (κ3) is 5.37. The molecule has 1 aliphatic heterocycles. The second kappa shape index (κ2) is 8.01.